The summed E-state index contributed by atoms with van der Waals surface area (Å²) in [6, 6.07) is 7.65. The van der Waals surface area contributed by atoms with Crippen molar-refractivity contribution in [3.05, 3.63) is 29.8 Å². The van der Waals surface area contributed by atoms with Gasteiger partial charge in [0, 0.05) is 20.7 Å². The Labute approximate surface area is 62.7 Å². The lowest BCUT2D eigenvalue weighted by molar-refractivity contribution is 0.362. The molecule has 0 radical (unpaired) electrons. The third-order valence-electron chi connectivity index (χ3n) is 1.29. The van der Waals surface area contributed by atoms with Crippen LogP contribution in [0.5, 0.6) is 0 Å². The molecule has 1 rings (SSSR count). The van der Waals surface area contributed by atoms with Gasteiger partial charge in [-0.3, -0.25) is 0 Å². The minimum atomic E-state index is 0.553. The summed E-state index contributed by atoms with van der Waals surface area (Å²) < 4.78 is 4.85. The van der Waals surface area contributed by atoms with Crippen molar-refractivity contribution in [1.29, 1.82) is 0 Å². The Balaban J connectivity index is 2.81. The molecule has 0 aliphatic carbocycles. The van der Waals surface area contributed by atoms with Crippen molar-refractivity contribution < 1.29 is 4.52 Å². The van der Waals surface area contributed by atoms with Crippen LogP contribution in [0.15, 0.2) is 24.3 Å². The lowest BCUT2D eigenvalue weighted by Crippen LogP contribution is -1.92. The zero-order chi connectivity index (χ0) is 7.40. The predicted molar refractivity (Wildman–Crippen MR) is 45.4 cm³/mol. The van der Waals surface area contributed by atoms with Crippen LogP contribution in [0.4, 0.5) is 5.69 Å². The summed E-state index contributed by atoms with van der Waals surface area (Å²) >= 11 is 0. The van der Waals surface area contributed by atoms with Crippen molar-refractivity contribution in [2.75, 3.05) is 5.73 Å². The third-order valence-corrected chi connectivity index (χ3v) is 1.46. The average Bonchev–Trinajstić information content (AvgIpc) is 1.94. The van der Waals surface area contributed by atoms with Crippen molar-refractivity contribution in [2.45, 2.75) is 6.61 Å². The molecule has 1 atom stereocenters. The standard InChI is InChI=1S/C7H10NOP/c8-7-4-2-1-3-6(7)5-9-10/h1-4H,5,8,10H2. The maximum atomic E-state index is 5.62. The fraction of sp³-hybridized carbons (Fsp3) is 0.143. The highest BCUT2D eigenvalue weighted by Gasteiger charge is 1.93. The molecule has 1 aromatic rings. The Bertz CT molecular complexity index is 215. The number of para-hydroxylation sites is 1. The Hall–Kier alpha value is -0.590. The van der Waals surface area contributed by atoms with Gasteiger partial charge in [0.25, 0.3) is 0 Å². The monoisotopic (exact) mass is 155 g/mol. The van der Waals surface area contributed by atoms with Crippen LogP contribution >= 0.6 is 9.47 Å². The van der Waals surface area contributed by atoms with Gasteiger partial charge in [0.2, 0.25) is 0 Å². The first kappa shape index (κ1) is 7.52. The van der Waals surface area contributed by atoms with Crippen LogP contribution < -0.4 is 5.73 Å². The van der Waals surface area contributed by atoms with E-state index in [1.807, 2.05) is 24.3 Å². The van der Waals surface area contributed by atoms with E-state index in [0.29, 0.717) is 6.61 Å². The lowest BCUT2D eigenvalue weighted by atomic mass is 10.2. The topological polar surface area (TPSA) is 35.2 Å². The molecule has 1 unspecified atom stereocenters. The summed E-state index contributed by atoms with van der Waals surface area (Å²) in [5, 5.41) is 0. The molecule has 0 spiro atoms. The van der Waals surface area contributed by atoms with E-state index in [4.69, 9.17) is 10.3 Å². The normalized spacial score (nSPS) is 9.70. The van der Waals surface area contributed by atoms with Gasteiger partial charge in [0.1, 0.15) is 0 Å². The molecule has 0 saturated heterocycles. The highest BCUT2D eigenvalue weighted by Crippen LogP contribution is 2.12. The zero-order valence-electron chi connectivity index (χ0n) is 5.58. The zero-order valence-corrected chi connectivity index (χ0v) is 6.73. The summed E-state index contributed by atoms with van der Waals surface area (Å²) in [5.41, 5.74) is 7.43. The summed E-state index contributed by atoms with van der Waals surface area (Å²) in [6.07, 6.45) is 0. The molecule has 10 heavy (non-hydrogen) atoms. The van der Waals surface area contributed by atoms with E-state index in [0.717, 1.165) is 11.3 Å². The van der Waals surface area contributed by atoms with E-state index >= 15 is 0 Å². The van der Waals surface area contributed by atoms with Crippen molar-refractivity contribution >= 4 is 15.2 Å². The molecule has 54 valence electrons. The van der Waals surface area contributed by atoms with E-state index in [1.165, 1.54) is 0 Å². The molecule has 1 aromatic carbocycles. The lowest BCUT2D eigenvalue weighted by Gasteiger charge is -2.01. The first-order valence-corrected chi connectivity index (χ1v) is 3.47. The molecule has 2 nitrogen and oxygen atoms in total. The van der Waals surface area contributed by atoms with E-state index in [2.05, 4.69) is 9.47 Å². The molecule has 0 aliphatic heterocycles. The SMILES string of the molecule is Nc1ccccc1COP. The number of nitrogens with two attached hydrogens (primary N) is 1. The first-order chi connectivity index (χ1) is 4.84. The van der Waals surface area contributed by atoms with Crippen LogP contribution in [0, 0.1) is 0 Å². The maximum absolute atomic E-state index is 5.62. The van der Waals surface area contributed by atoms with Crippen LogP contribution in [0.25, 0.3) is 0 Å². The van der Waals surface area contributed by atoms with Gasteiger partial charge in [0.15, 0.2) is 0 Å². The van der Waals surface area contributed by atoms with Gasteiger partial charge in [-0.1, -0.05) is 18.2 Å². The van der Waals surface area contributed by atoms with E-state index in [9.17, 15) is 0 Å². The molecule has 2 N–H and O–H groups in total. The Morgan fingerprint density at radius 3 is 2.70 bits per heavy atom. The van der Waals surface area contributed by atoms with Gasteiger partial charge < -0.3 is 10.3 Å². The minimum Gasteiger partial charge on any atom is -0.398 e. The first-order valence-electron chi connectivity index (χ1n) is 2.99. The number of anilines is 1. The molecule has 0 aromatic heterocycles. The molecule has 0 fully saturated rings. The van der Waals surface area contributed by atoms with E-state index < -0.39 is 0 Å². The third kappa shape index (κ3) is 1.69. The molecule has 0 saturated carbocycles. The van der Waals surface area contributed by atoms with Gasteiger partial charge in [-0.25, -0.2) is 0 Å². The molecule has 3 heteroatoms. The average molecular weight is 155 g/mol. The summed E-state index contributed by atoms with van der Waals surface area (Å²) in [7, 11) is 2.19. The smallest absolute Gasteiger partial charge is 0.0772 e. The Kier molecular flexibility index (Phi) is 2.67. The Morgan fingerprint density at radius 2 is 2.10 bits per heavy atom. The van der Waals surface area contributed by atoms with E-state index in [-0.39, 0.29) is 0 Å². The van der Waals surface area contributed by atoms with E-state index in [1.54, 1.807) is 0 Å². The highest BCUT2D eigenvalue weighted by molar-refractivity contribution is 7.09. The second-order valence-electron chi connectivity index (χ2n) is 2.01. The van der Waals surface area contributed by atoms with Gasteiger partial charge in [-0.05, 0) is 6.07 Å². The molecule has 0 heterocycles. The van der Waals surface area contributed by atoms with Crippen LogP contribution in [0.3, 0.4) is 0 Å². The van der Waals surface area contributed by atoms with Crippen molar-refractivity contribution in [3.8, 4) is 0 Å². The second-order valence-corrected chi connectivity index (χ2v) is 2.34. The van der Waals surface area contributed by atoms with Gasteiger partial charge in [-0.2, -0.15) is 0 Å². The van der Waals surface area contributed by atoms with Crippen LogP contribution in [-0.2, 0) is 11.1 Å². The quantitative estimate of drug-likeness (QED) is 0.519. The summed E-state index contributed by atoms with van der Waals surface area (Å²) in [5.74, 6) is 0. The summed E-state index contributed by atoms with van der Waals surface area (Å²) in [6.45, 7) is 0.553. The molecule has 0 amide bonds. The van der Waals surface area contributed by atoms with Crippen molar-refractivity contribution in [3.63, 3.8) is 0 Å². The predicted octanol–water partition coefficient (Wildman–Crippen LogP) is 1.58. The fourth-order valence-corrected chi connectivity index (χ4v) is 0.935. The second kappa shape index (κ2) is 3.55. The van der Waals surface area contributed by atoms with Crippen LogP contribution in [0.2, 0.25) is 0 Å². The molecular formula is C7H10NOP. The van der Waals surface area contributed by atoms with Crippen molar-refractivity contribution in [1.82, 2.24) is 0 Å². The number of hydrogen-bond acceptors (Lipinski definition) is 2. The Morgan fingerprint density at radius 1 is 1.40 bits per heavy atom. The van der Waals surface area contributed by atoms with Gasteiger partial charge in [-0.15, -0.1) is 0 Å². The minimum absolute atomic E-state index is 0.553. The fourth-order valence-electron chi connectivity index (χ4n) is 0.755. The highest BCUT2D eigenvalue weighted by atomic mass is 31.0. The molecule has 0 bridgehead atoms. The van der Waals surface area contributed by atoms with Crippen LogP contribution in [0.1, 0.15) is 5.56 Å². The largest absolute Gasteiger partial charge is 0.398 e. The van der Waals surface area contributed by atoms with Crippen molar-refractivity contribution in [2.24, 2.45) is 0 Å². The number of hydrogen-bond donors (Lipinski definition) is 1. The maximum Gasteiger partial charge on any atom is 0.0772 e. The number of rotatable bonds is 2. The number of nitrogen functional groups attached to an aromatic ring is 1. The number of benzene rings is 1. The van der Waals surface area contributed by atoms with Crippen LogP contribution in [-0.4, -0.2) is 0 Å². The van der Waals surface area contributed by atoms with Gasteiger partial charge >= 0.3 is 0 Å². The summed E-state index contributed by atoms with van der Waals surface area (Å²) in [4.78, 5) is 0. The van der Waals surface area contributed by atoms with Gasteiger partial charge in [0.05, 0.1) is 6.61 Å². The molecule has 0 aliphatic rings. The molecular weight excluding hydrogens is 145 g/mol.